The largest absolute Gasteiger partial charge is 0.456 e. The number of para-hydroxylation sites is 1. The quantitative estimate of drug-likeness (QED) is 0.169. The van der Waals surface area contributed by atoms with Crippen LogP contribution in [0.25, 0.3) is 120 Å². The molecule has 0 saturated heterocycles. The minimum atomic E-state index is 0.673. The average Bonchev–Trinajstić information content (AvgIpc) is 3.91. The molecule has 12 aromatic rings. The van der Waals surface area contributed by atoms with Crippen molar-refractivity contribution in [3.8, 4) is 67.4 Å². The fourth-order valence-electron chi connectivity index (χ4n) is 8.54. The van der Waals surface area contributed by atoms with Crippen LogP contribution in [0.2, 0.25) is 0 Å². The van der Waals surface area contributed by atoms with Crippen molar-refractivity contribution >= 4 is 64.4 Å². The Hall–Kier alpha value is -7.73. The predicted octanol–water partition coefficient (Wildman–Crippen LogP) is 15.3. The van der Waals surface area contributed by atoms with Crippen LogP contribution in [0.3, 0.4) is 0 Å². The van der Waals surface area contributed by atoms with Gasteiger partial charge in [0.15, 0.2) is 5.82 Å². The summed E-state index contributed by atoms with van der Waals surface area (Å²) in [6.07, 6.45) is 0. The molecule has 60 heavy (non-hydrogen) atoms. The first-order chi connectivity index (χ1) is 29.7. The van der Waals surface area contributed by atoms with E-state index in [2.05, 4.69) is 158 Å². The molecular formula is C55H33N3OS. The molecule has 0 unspecified atom stereocenters. The Kier molecular flexibility index (Phi) is 8.00. The molecule has 280 valence electrons. The molecule has 0 aliphatic heterocycles. The lowest BCUT2D eigenvalue weighted by Crippen LogP contribution is -1.96. The van der Waals surface area contributed by atoms with Crippen molar-refractivity contribution in [1.29, 1.82) is 0 Å². The first-order valence-electron chi connectivity index (χ1n) is 20.1. The Morgan fingerprint density at radius 1 is 0.350 bits per heavy atom. The molecular weight excluding hydrogens is 751 g/mol. The number of nitrogens with zero attached hydrogens (tertiary/aromatic N) is 3. The number of aromatic nitrogens is 3. The van der Waals surface area contributed by atoms with E-state index in [1.807, 2.05) is 42.5 Å². The van der Waals surface area contributed by atoms with Crippen LogP contribution in [0.1, 0.15) is 0 Å². The van der Waals surface area contributed by atoms with Gasteiger partial charge in [0.1, 0.15) is 11.2 Å². The highest BCUT2D eigenvalue weighted by Gasteiger charge is 2.19. The highest BCUT2D eigenvalue weighted by Crippen LogP contribution is 2.44. The molecule has 5 heteroatoms. The van der Waals surface area contributed by atoms with Crippen LogP contribution < -0.4 is 0 Å². The number of thiophene rings is 1. The van der Waals surface area contributed by atoms with Crippen LogP contribution in [-0.4, -0.2) is 15.0 Å². The minimum Gasteiger partial charge on any atom is -0.456 e. The summed E-state index contributed by atoms with van der Waals surface area (Å²) in [6.45, 7) is 0. The second-order valence-electron chi connectivity index (χ2n) is 15.2. The third-order valence-electron chi connectivity index (χ3n) is 11.5. The number of pyridine rings is 1. The van der Waals surface area contributed by atoms with Gasteiger partial charge in [0.25, 0.3) is 0 Å². The number of rotatable bonds is 6. The number of furan rings is 1. The van der Waals surface area contributed by atoms with Gasteiger partial charge in [-0.2, -0.15) is 0 Å². The van der Waals surface area contributed by atoms with Crippen molar-refractivity contribution in [2.45, 2.75) is 0 Å². The first-order valence-corrected chi connectivity index (χ1v) is 20.9. The van der Waals surface area contributed by atoms with Crippen molar-refractivity contribution < 1.29 is 4.42 Å². The van der Waals surface area contributed by atoms with E-state index in [1.54, 1.807) is 11.3 Å². The fourth-order valence-corrected chi connectivity index (χ4v) is 9.77. The smallest absolute Gasteiger partial charge is 0.160 e. The van der Waals surface area contributed by atoms with Gasteiger partial charge in [0.2, 0.25) is 0 Å². The molecule has 0 amide bonds. The summed E-state index contributed by atoms with van der Waals surface area (Å²) in [7, 11) is 0. The van der Waals surface area contributed by atoms with Gasteiger partial charge in [-0.3, -0.25) is 0 Å². The lowest BCUT2D eigenvalue weighted by Gasteiger charge is -2.12. The van der Waals surface area contributed by atoms with E-state index < -0.39 is 0 Å². The maximum absolute atomic E-state index is 6.17. The van der Waals surface area contributed by atoms with Crippen molar-refractivity contribution in [2.75, 3.05) is 0 Å². The highest BCUT2D eigenvalue weighted by atomic mass is 32.1. The maximum Gasteiger partial charge on any atom is 0.160 e. The summed E-state index contributed by atoms with van der Waals surface area (Å²) in [5.74, 6) is 0.673. The molecule has 0 bridgehead atoms. The second kappa shape index (κ2) is 14.0. The molecule has 4 aromatic heterocycles. The molecule has 4 heterocycles. The number of hydrogen-bond acceptors (Lipinski definition) is 5. The Morgan fingerprint density at radius 3 is 1.73 bits per heavy atom. The molecule has 12 rings (SSSR count). The van der Waals surface area contributed by atoms with Crippen LogP contribution in [0, 0.1) is 0 Å². The zero-order valence-electron chi connectivity index (χ0n) is 32.2. The third kappa shape index (κ3) is 5.86. The number of benzene rings is 8. The Morgan fingerprint density at radius 2 is 0.917 bits per heavy atom. The molecule has 0 fully saturated rings. The molecule has 0 aliphatic rings. The lowest BCUT2D eigenvalue weighted by molar-refractivity contribution is 0.669. The topological polar surface area (TPSA) is 51.8 Å². The van der Waals surface area contributed by atoms with E-state index in [0.717, 1.165) is 72.2 Å². The summed E-state index contributed by atoms with van der Waals surface area (Å²) < 4.78 is 8.58. The zero-order chi connectivity index (χ0) is 39.6. The number of fused-ring (bicyclic) bond motifs is 8. The zero-order valence-corrected chi connectivity index (χ0v) is 33.0. The van der Waals surface area contributed by atoms with Crippen LogP contribution in [0.5, 0.6) is 0 Å². The summed E-state index contributed by atoms with van der Waals surface area (Å²) in [4.78, 5) is 15.8. The van der Waals surface area contributed by atoms with Gasteiger partial charge in [-0.05, 0) is 82.9 Å². The van der Waals surface area contributed by atoms with Gasteiger partial charge in [-0.15, -0.1) is 11.3 Å². The second-order valence-corrected chi connectivity index (χ2v) is 16.2. The van der Waals surface area contributed by atoms with Gasteiger partial charge in [-0.25, -0.2) is 15.0 Å². The summed E-state index contributed by atoms with van der Waals surface area (Å²) in [5.41, 5.74) is 14.1. The average molecular weight is 784 g/mol. The standard InChI is InChI=1S/C55H33N3OS/c1-3-13-34(14-4-1)36-17-11-18-37(29-36)38-25-27-46-45(31-38)52-43-22-8-10-24-51(43)60-54(52)53(56-46)41-20-12-19-39(30-41)47-33-48(58-55(57-47)35-15-5-2-6-16-35)40-26-28-50-44(32-40)42-21-7-9-23-49(42)59-50/h1-33H. The highest BCUT2D eigenvalue weighted by molar-refractivity contribution is 7.26. The van der Waals surface area contributed by atoms with Crippen LogP contribution in [-0.2, 0) is 0 Å². The van der Waals surface area contributed by atoms with Gasteiger partial charge in [0.05, 0.1) is 27.3 Å². The Balaban J connectivity index is 1.01. The molecule has 0 atom stereocenters. The lowest BCUT2D eigenvalue weighted by atomic mass is 9.96. The van der Waals surface area contributed by atoms with Gasteiger partial charge >= 0.3 is 0 Å². The van der Waals surface area contributed by atoms with E-state index in [0.29, 0.717) is 5.82 Å². The molecule has 0 radical (unpaired) electrons. The van der Waals surface area contributed by atoms with Crippen molar-refractivity contribution in [2.24, 2.45) is 0 Å². The first kappa shape index (κ1) is 34.3. The van der Waals surface area contributed by atoms with Gasteiger partial charge in [0, 0.05) is 53.9 Å². The van der Waals surface area contributed by atoms with E-state index in [4.69, 9.17) is 19.4 Å². The Labute approximate surface area is 349 Å². The number of hydrogen-bond donors (Lipinski definition) is 0. The van der Waals surface area contributed by atoms with E-state index in [9.17, 15) is 0 Å². The van der Waals surface area contributed by atoms with Crippen LogP contribution in [0.15, 0.2) is 205 Å². The summed E-state index contributed by atoms with van der Waals surface area (Å²) in [5, 5.41) is 5.78. The SMILES string of the molecule is c1ccc(-c2cccc(-c3ccc4nc(-c5cccc(-c6cc(-c7ccc8oc9ccccc9c8c7)nc(-c7ccccc7)n6)c5)c5sc6ccccc6c5c4c3)c2)cc1. The van der Waals surface area contributed by atoms with Crippen LogP contribution >= 0.6 is 11.3 Å². The third-order valence-corrected chi connectivity index (χ3v) is 12.7. The minimum absolute atomic E-state index is 0.673. The molecule has 4 nitrogen and oxygen atoms in total. The maximum atomic E-state index is 6.17. The normalized spacial score (nSPS) is 11.7. The summed E-state index contributed by atoms with van der Waals surface area (Å²) >= 11 is 1.81. The van der Waals surface area contributed by atoms with Gasteiger partial charge in [-0.1, -0.05) is 140 Å². The van der Waals surface area contributed by atoms with Gasteiger partial charge < -0.3 is 4.42 Å². The van der Waals surface area contributed by atoms with E-state index in [1.165, 1.54) is 42.4 Å². The van der Waals surface area contributed by atoms with Crippen LogP contribution in [0.4, 0.5) is 0 Å². The van der Waals surface area contributed by atoms with Crippen molar-refractivity contribution in [1.82, 2.24) is 15.0 Å². The molecule has 0 saturated carbocycles. The monoisotopic (exact) mass is 783 g/mol. The molecule has 8 aromatic carbocycles. The summed E-state index contributed by atoms with van der Waals surface area (Å²) in [6, 6.07) is 70.3. The predicted molar refractivity (Wildman–Crippen MR) is 250 cm³/mol. The fraction of sp³-hybridized carbons (Fsp3) is 0. The van der Waals surface area contributed by atoms with Crippen molar-refractivity contribution in [3.05, 3.63) is 200 Å². The molecule has 0 N–H and O–H groups in total. The van der Waals surface area contributed by atoms with Crippen molar-refractivity contribution in [3.63, 3.8) is 0 Å². The Bertz CT molecular complexity index is 3610. The molecule has 0 aliphatic carbocycles. The molecule has 0 spiro atoms. The van der Waals surface area contributed by atoms with E-state index in [-0.39, 0.29) is 0 Å². The van der Waals surface area contributed by atoms with E-state index >= 15 is 0 Å².